The predicted molar refractivity (Wildman–Crippen MR) is 234 cm³/mol. The zero-order valence-electron chi connectivity index (χ0n) is 31.8. The Balaban J connectivity index is 1.31. The van der Waals surface area contributed by atoms with E-state index in [0.29, 0.717) is 35.3 Å². The van der Waals surface area contributed by atoms with Crippen LogP contribution in [0, 0.1) is 0 Å². The Kier molecular flexibility index (Phi) is 9.40. The van der Waals surface area contributed by atoms with Gasteiger partial charge >= 0.3 is 11.9 Å². The molecule has 60 heavy (non-hydrogen) atoms. The summed E-state index contributed by atoms with van der Waals surface area (Å²) in [6.07, 6.45) is -1.45. The molecule has 0 aliphatic carbocycles. The lowest BCUT2D eigenvalue weighted by Gasteiger charge is -2.55. The fourth-order valence-electron chi connectivity index (χ4n) is 10.9. The first kappa shape index (κ1) is 41.0. The van der Waals surface area contributed by atoms with Gasteiger partial charge in [0, 0.05) is 52.2 Å². The van der Waals surface area contributed by atoms with Crippen LogP contribution in [0.2, 0.25) is 0 Å². The zero-order valence-corrected chi connectivity index (χ0v) is 38.3. The number of hydrogen-bond donors (Lipinski definition) is 0. The van der Waals surface area contributed by atoms with E-state index in [9.17, 15) is 19.2 Å². The summed E-state index contributed by atoms with van der Waals surface area (Å²) in [5, 5.41) is 0. The Labute approximate surface area is 373 Å². The normalized spacial score (nSPS) is 37.1. The number of para-hydroxylation sites is 2. The first-order valence-electron chi connectivity index (χ1n) is 18.3. The predicted octanol–water partition coefficient (Wildman–Crippen LogP) is 4.17. The number of fused-ring (bicyclic) bond motifs is 15. The first-order valence-corrected chi connectivity index (χ1v) is 27.9. The van der Waals surface area contributed by atoms with Crippen LogP contribution in [0.15, 0.2) is 48.5 Å². The molecule has 10 heterocycles. The summed E-state index contributed by atoms with van der Waals surface area (Å²) in [5.74, 6) is -3.36. The highest BCUT2D eigenvalue weighted by Crippen LogP contribution is 2.79. The fourth-order valence-corrected chi connectivity index (χ4v) is 26.3. The Morgan fingerprint density at radius 1 is 0.617 bits per heavy atom. The van der Waals surface area contributed by atoms with Crippen LogP contribution >= 0.6 is 82.5 Å². The number of esters is 2. The molecule has 2 spiro atoms. The molecule has 314 valence electrons. The number of likely N-dealkylation sites (N-methyl/N-ethyl adjacent to an activating group) is 2. The minimum atomic E-state index is -1.75. The maximum atomic E-state index is 15.8. The van der Waals surface area contributed by atoms with Gasteiger partial charge in [-0.25, -0.2) is 0 Å². The molecule has 6 amide bonds. The van der Waals surface area contributed by atoms with E-state index in [-0.39, 0.29) is 12.8 Å². The van der Waals surface area contributed by atoms with E-state index in [0.717, 1.165) is 21.6 Å². The number of rotatable bonds is 7. The van der Waals surface area contributed by atoms with E-state index >= 15 is 19.2 Å². The van der Waals surface area contributed by atoms with Crippen LogP contribution < -0.4 is 9.80 Å². The lowest BCUT2D eigenvalue weighted by atomic mass is 9.54. The van der Waals surface area contributed by atoms with Crippen LogP contribution in [0.25, 0.3) is 0 Å². The molecule has 0 aromatic heterocycles. The van der Waals surface area contributed by atoms with Crippen LogP contribution in [0.4, 0.5) is 11.4 Å². The highest BCUT2D eigenvalue weighted by molar-refractivity contribution is 9.27. The number of amides is 6. The molecule has 2 aromatic carbocycles. The molecule has 0 N–H and O–H groups in total. The molecule has 12 rings (SSSR count). The molecule has 8 saturated heterocycles. The Bertz CT molecular complexity index is 2210. The van der Waals surface area contributed by atoms with Crippen molar-refractivity contribution in [3.8, 4) is 0 Å². The lowest BCUT2D eigenvalue weighted by Crippen LogP contribution is -2.76. The van der Waals surface area contributed by atoms with Crippen molar-refractivity contribution in [1.29, 1.82) is 0 Å². The van der Waals surface area contributed by atoms with E-state index in [1.54, 1.807) is 24.3 Å². The number of carbonyl (C=O) groups is 8. The summed E-state index contributed by atoms with van der Waals surface area (Å²) in [6, 6.07) is 14.4. The zero-order chi connectivity index (χ0) is 42.4. The summed E-state index contributed by atoms with van der Waals surface area (Å²) in [7, 11) is 12.7. The van der Waals surface area contributed by atoms with Gasteiger partial charge in [-0.2, -0.15) is 0 Å². The molecule has 4 bridgehead atoms. The highest BCUT2D eigenvalue weighted by atomic mass is 33.7. The first-order chi connectivity index (χ1) is 28.7. The second-order valence-corrected chi connectivity index (χ2v) is 27.9. The van der Waals surface area contributed by atoms with E-state index in [4.69, 9.17) is 9.47 Å². The molecule has 24 heteroatoms. The molecule has 0 saturated carbocycles. The average molecular weight is 965 g/mol. The standard InChI is InChI=1S/C36H32N6O10S8/c1-19(45)51-15-35-29(49)41-25-31(21-9-5-7-11-23(21)39(25)17-43,13-33(41,27(47)37(35)3)53-57-59-55-35)32-14-34-28(48)38(4)36(16-52-20(2)46,56-60-58-54-34)30(50)42(34)26(32)40(18-44)24-12-8-6-10-22(24)32/h5-12,17-18,25-26H,13-16H2,1-4H3/t25-,26-,31+,32+,33+,34+,35+,36+/m1/s1. The number of benzene rings is 2. The van der Waals surface area contributed by atoms with Gasteiger partial charge in [-0.15, -0.1) is 0 Å². The van der Waals surface area contributed by atoms with Crippen molar-refractivity contribution < 1.29 is 47.8 Å². The molecule has 0 unspecified atom stereocenters. The molecule has 10 aliphatic rings. The number of carbonyl (C=O) groups excluding carboxylic acids is 8. The van der Waals surface area contributed by atoms with Crippen molar-refractivity contribution >= 4 is 142 Å². The summed E-state index contributed by atoms with van der Waals surface area (Å²) in [4.78, 5) is 117. The van der Waals surface area contributed by atoms with Gasteiger partial charge in [0.05, 0.1) is 10.8 Å². The maximum Gasteiger partial charge on any atom is 0.302 e. The van der Waals surface area contributed by atoms with Gasteiger partial charge in [0.25, 0.3) is 23.6 Å². The van der Waals surface area contributed by atoms with Crippen LogP contribution in [0.5, 0.6) is 0 Å². The summed E-state index contributed by atoms with van der Waals surface area (Å²) in [6.45, 7) is 1.50. The van der Waals surface area contributed by atoms with Gasteiger partial charge < -0.3 is 19.3 Å². The molecule has 10 aliphatic heterocycles. The van der Waals surface area contributed by atoms with Gasteiger partial charge in [0.15, 0.2) is 9.74 Å². The van der Waals surface area contributed by atoms with Gasteiger partial charge in [-0.05, 0) is 106 Å². The number of ether oxygens (including phenoxy) is 2. The molecule has 0 radical (unpaired) electrons. The van der Waals surface area contributed by atoms with Crippen LogP contribution in [0.3, 0.4) is 0 Å². The Hall–Kier alpha value is -3.00. The third kappa shape index (κ3) is 4.64. The SMILES string of the molecule is CC(=O)OC[C@]12SSSS[C@@]3(C[C@]4([C@]56C[C@@]78SSSS[C@@](COC(C)=O)(C(=O)N7[C@H]5N(C=O)c5ccccc56)N(C)C8=O)c5ccccc5N(C=O)[C@@H]4N3C1=O)C(=O)N2C. The monoisotopic (exact) mass is 964 g/mol. The fraction of sp³-hybridized carbons (Fsp3) is 0.444. The topological polar surface area (TPSA) is 174 Å². The Morgan fingerprint density at radius 3 is 1.35 bits per heavy atom. The molecule has 16 nitrogen and oxygen atoms in total. The lowest BCUT2D eigenvalue weighted by molar-refractivity contribution is -0.170. The summed E-state index contributed by atoms with van der Waals surface area (Å²) >= 11 is 0. The van der Waals surface area contributed by atoms with Crippen molar-refractivity contribution in [2.75, 3.05) is 37.1 Å². The second-order valence-electron chi connectivity index (χ2n) is 15.5. The van der Waals surface area contributed by atoms with Crippen molar-refractivity contribution in [1.82, 2.24) is 19.6 Å². The number of hydrogen-bond acceptors (Lipinski definition) is 18. The number of piperazine rings is 2. The van der Waals surface area contributed by atoms with Crippen LogP contribution in [0.1, 0.15) is 37.8 Å². The largest absolute Gasteiger partial charge is 0.462 e. The molecule has 8 fully saturated rings. The van der Waals surface area contributed by atoms with Crippen molar-refractivity contribution in [3.05, 3.63) is 59.7 Å². The smallest absolute Gasteiger partial charge is 0.302 e. The highest BCUT2D eigenvalue weighted by Gasteiger charge is 2.88. The number of anilines is 2. The number of nitrogens with zero attached hydrogens (tertiary/aromatic N) is 6. The van der Waals surface area contributed by atoms with E-state index in [1.807, 2.05) is 24.3 Å². The van der Waals surface area contributed by atoms with Crippen molar-refractivity contribution in [2.45, 2.75) is 69.3 Å². The summed E-state index contributed by atoms with van der Waals surface area (Å²) < 4.78 is 11.1. The van der Waals surface area contributed by atoms with Crippen LogP contribution in [-0.4, -0.2) is 127 Å². The molecular weight excluding hydrogens is 933 g/mol. The van der Waals surface area contributed by atoms with Crippen molar-refractivity contribution in [2.24, 2.45) is 0 Å². The molecular formula is C36H32N6O10S8. The third-order valence-electron chi connectivity index (χ3n) is 13.2. The maximum absolute atomic E-state index is 15.8. The summed E-state index contributed by atoms with van der Waals surface area (Å²) in [5.41, 5.74) is -0.930. The van der Waals surface area contributed by atoms with Gasteiger partial charge in [-0.3, -0.25) is 58.0 Å². The van der Waals surface area contributed by atoms with E-state index < -0.39 is 91.4 Å². The van der Waals surface area contributed by atoms with Gasteiger partial charge in [-0.1, -0.05) is 36.4 Å². The third-order valence-corrected chi connectivity index (χ3v) is 27.8. The Morgan fingerprint density at radius 2 is 0.983 bits per heavy atom. The van der Waals surface area contributed by atoms with Crippen molar-refractivity contribution in [3.63, 3.8) is 0 Å². The van der Waals surface area contributed by atoms with E-state index in [1.165, 1.54) is 118 Å². The quantitative estimate of drug-likeness (QED) is 0.220. The average Bonchev–Trinajstić information content (AvgIpc) is 3.89. The minimum absolute atomic E-state index is 0.104. The van der Waals surface area contributed by atoms with E-state index in [2.05, 4.69) is 0 Å². The van der Waals surface area contributed by atoms with Gasteiger partial charge in [0.2, 0.25) is 22.6 Å². The minimum Gasteiger partial charge on any atom is -0.462 e. The molecule has 8 atom stereocenters. The van der Waals surface area contributed by atoms with Crippen LogP contribution in [-0.2, 0) is 58.7 Å². The second kappa shape index (κ2) is 13.7. The molecule has 2 aromatic rings. The van der Waals surface area contributed by atoms with Gasteiger partial charge in [0.1, 0.15) is 25.5 Å².